The Balaban J connectivity index is 1.52. The molecular weight excluding hydrogens is 293 g/mol. The third kappa shape index (κ3) is 3.36. The minimum absolute atomic E-state index is 0.170. The molecule has 0 aromatic heterocycles. The summed E-state index contributed by atoms with van der Waals surface area (Å²) in [4.78, 5) is 16.3. The lowest BCUT2D eigenvalue weighted by molar-refractivity contribution is -0.138. The molecule has 6 heteroatoms. The van der Waals surface area contributed by atoms with Crippen molar-refractivity contribution in [3.05, 3.63) is 34.6 Å². The number of nitrogens with zero attached hydrogens (tertiary/aromatic N) is 2. The highest BCUT2D eigenvalue weighted by Gasteiger charge is 2.31. The van der Waals surface area contributed by atoms with Crippen molar-refractivity contribution >= 4 is 17.5 Å². The van der Waals surface area contributed by atoms with Gasteiger partial charge in [0.05, 0.1) is 5.92 Å². The second-order valence-corrected chi connectivity index (χ2v) is 6.10. The number of nitrogens with one attached hydrogen (secondary N) is 1. The molecule has 1 aromatic rings. The molecule has 4 nitrogen and oxygen atoms in total. The van der Waals surface area contributed by atoms with Crippen LogP contribution in [0.25, 0.3) is 0 Å². The first-order valence-electron chi connectivity index (χ1n) is 7.29. The zero-order valence-corrected chi connectivity index (χ0v) is 12.6. The van der Waals surface area contributed by atoms with Crippen LogP contribution >= 0.6 is 11.6 Å². The minimum Gasteiger partial charge on any atom is -0.340 e. The molecular formula is C15H19ClFN3O. The van der Waals surface area contributed by atoms with Gasteiger partial charge in [-0.3, -0.25) is 9.69 Å². The number of hydrogen-bond acceptors (Lipinski definition) is 3. The van der Waals surface area contributed by atoms with Crippen LogP contribution in [0.3, 0.4) is 0 Å². The van der Waals surface area contributed by atoms with E-state index in [1.54, 1.807) is 6.07 Å². The second kappa shape index (κ2) is 6.30. The van der Waals surface area contributed by atoms with E-state index in [0.29, 0.717) is 11.6 Å². The van der Waals surface area contributed by atoms with Gasteiger partial charge in [0.15, 0.2) is 0 Å². The molecule has 0 atom stereocenters. The molecule has 21 heavy (non-hydrogen) atoms. The summed E-state index contributed by atoms with van der Waals surface area (Å²) in [6.07, 6.45) is 0. The van der Waals surface area contributed by atoms with Crippen molar-refractivity contribution in [1.29, 1.82) is 0 Å². The van der Waals surface area contributed by atoms with Crippen LogP contribution in [0.1, 0.15) is 5.56 Å². The summed E-state index contributed by atoms with van der Waals surface area (Å²) in [6.45, 7) is 5.50. The second-order valence-electron chi connectivity index (χ2n) is 5.69. The summed E-state index contributed by atoms with van der Waals surface area (Å²) in [5.41, 5.74) is 0.932. The Hall–Kier alpha value is -1.17. The van der Waals surface area contributed by atoms with Crippen molar-refractivity contribution in [2.75, 3.05) is 39.3 Å². The van der Waals surface area contributed by atoms with Gasteiger partial charge >= 0.3 is 0 Å². The van der Waals surface area contributed by atoms with Crippen LogP contribution < -0.4 is 5.32 Å². The Morgan fingerprint density at radius 2 is 2.00 bits per heavy atom. The lowest BCUT2D eigenvalue weighted by Gasteiger charge is -2.38. The van der Waals surface area contributed by atoms with Crippen molar-refractivity contribution in [3.63, 3.8) is 0 Å². The molecule has 2 aliphatic heterocycles. The summed E-state index contributed by atoms with van der Waals surface area (Å²) in [5, 5.41) is 3.60. The quantitative estimate of drug-likeness (QED) is 0.915. The van der Waals surface area contributed by atoms with Gasteiger partial charge in [0.25, 0.3) is 0 Å². The monoisotopic (exact) mass is 311 g/mol. The maximum atomic E-state index is 13.0. The number of carbonyl (C=O) groups is 1. The highest BCUT2D eigenvalue weighted by molar-refractivity contribution is 6.31. The van der Waals surface area contributed by atoms with E-state index in [0.717, 1.165) is 44.8 Å². The lowest BCUT2D eigenvalue weighted by Crippen LogP contribution is -2.56. The Kier molecular flexibility index (Phi) is 4.42. The molecule has 0 bridgehead atoms. The number of piperazine rings is 1. The molecule has 2 fully saturated rings. The van der Waals surface area contributed by atoms with Crippen LogP contribution in [0.5, 0.6) is 0 Å². The summed E-state index contributed by atoms with van der Waals surface area (Å²) in [7, 11) is 0. The van der Waals surface area contributed by atoms with Crippen molar-refractivity contribution in [2.24, 2.45) is 5.92 Å². The zero-order valence-electron chi connectivity index (χ0n) is 11.8. The SMILES string of the molecule is O=C(C1CNC1)N1CCN(Cc2ccc(F)cc2Cl)CC1. The molecule has 0 spiro atoms. The number of amides is 1. The van der Waals surface area contributed by atoms with Crippen LogP contribution in [0, 0.1) is 11.7 Å². The smallest absolute Gasteiger partial charge is 0.228 e. The van der Waals surface area contributed by atoms with E-state index in [1.165, 1.54) is 12.1 Å². The third-order valence-corrected chi connectivity index (χ3v) is 4.58. The molecule has 0 unspecified atom stereocenters. The molecule has 0 radical (unpaired) electrons. The average molecular weight is 312 g/mol. The first kappa shape index (κ1) is 14.8. The van der Waals surface area contributed by atoms with Gasteiger partial charge in [-0.05, 0) is 17.7 Å². The zero-order chi connectivity index (χ0) is 14.8. The fourth-order valence-corrected chi connectivity index (χ4v) is 2.97. The number of hydrogen-bond donors (Lipinski definition) is 1. The van der Waals surface area contributed by atoms with Gasteiger partial charge in [-0.2, -0.15) is 0 Å². The van der Waals surface area contributed by atoms with Crippen LogP contribution in [-0.2, 0) is 11.3 Å². The fraction of sp³-hybridized carbons (Fsp3) is 0.533. The molecule has 2 heterocycles. The minimum atomic E-state index is -0.312. The van der Waals surface area contributed by atoms with E-state index in [1.807, 2.05) is 4.90 Å². The maximum absolute atomic E-state index is 13.0. The largest absolute Gasteiger partial charge is 0.340 e. The molecule has 2 aliphatic rings. The van der Waals surface area contributed by atoms with E-state index >= 15 is 0 Å². The molecule has 3 rings (SSSR count). The van der Waals surface area contributed by atoms with E-state index < -0.39 is 0 Å². The van der Waals surface area contributed by atoms with Crippen LogP contribution in [0.4, 0.5) is 4.39 Å². The first-order chi connectivity index (χ1) is 10.1. The average Bonchev–Trinajstić information content (AvgIpc) is 2.41. The fourth-order valence-electron chi connectivity index (χ4n) is 2.74. The van der Waals surface area contributed by atoms with Crippen LogP contribution in [-0.4, -0.2) is 55.0 Å². The maximum Gasteiger partial charge on any atom is 0.228 e. The molecule has 114 valence electrons. The molecule has 2 saturated heterocycles. The Morgan fingerprint density at radius 1 is 1.29 bits per heavy atom. The highest BCUT2D eigenvalue weighted by Crippen LogP contribution is 2.20. The third-order valence-electron chi connectivity index (χ3n) is 4.22. The summed E-state index contributed by atoms with van der Waals surface area (Å²) < 4.78 is 13.0. The molecule has 1 aromatic carbocycles. The van der Waals surface area contributed by atoms with Crippen molar-refractivity contribution in [2.45, 2.75) is 6.54 Å². The summed E-state index contributed by atoms with van der Waals surface area (Å²) >= 11 is 6.06. The van der Waals surface area contributed by atoms with Crippen molar-refractivity contribution in [1.82, 2.24) is 15.1 Å². The number of carbonyl (C=O) groups excluding carboxylic acids is 1. The topological polar surface area (TPSA) is 35.6 Å². The van der Waals surface area contributed by atoms with Gasteiger partial charge in [0.1, 0.15) is 5.82 Å². The molecule has 1 amide bonds. The standard InChI is InChI=1S/C15H19ClFN3O/c16-14-7-13(17)2-1-11(14)10-19-3-5-20(6-4-19)15(21)12-8-18-9-12/h1-2,7,12,18H,3-6,8-10H2. The Bertz CT molecular complexity index is 528. The van der Waals surface area contributed by atoms with Crippen LogP contribution in [0.15, 0.2) is 18.2 Å². The first-order valence-corrected chi connectivity index (χ1v) is 7.67. The van der Waals surface area contributed by atoms with E-state index in [-0.39, 0.29) is 17.6 Å². The molecule has 0 aliphatic carbocycles. The van der Waals surface area contributed by atoms with E-state index in [2.05, 4.69) is 10.2 Å². The molecule has 1 N–H and O–H groups in total. The predicted molar refractivity (Wildman–Crippen MR) is 79.6 cm³/mol. The van der Waals surface area contributed by atoms with Crippen LogP contribution in [0.2, 0.25) is 5.02 Å². The Morgan fingerprint density at radius 3 is 2.57 bits per heavy atom. The normalized spacial score (nSPS) is 20.4. The molecule has 0 saturated carbocycles. The number of halogens is 2. The highest BCUT2D eigenvalue weighted by atomic mass is 35.5. The van der Waals surface area contributed by atoms with Crippen molar-refractivity contribution in [3.8, 4) is 0 Å². The van der Waals surface area contributed by atoms with Crippen molar-refractivity contribution < 1.29 is 9.18 Å². The van der Waals surface area contributed by atoms with Gasteiger partial charge in [-0.15, -0.1) is 0 Å². The predicted octanol–water partition coefficient (Wildman–Crippen LogP) is 1.34. The van der Waals surface area contributed by atoms with Gasteiger partial charge in [-0.1, -0.05) is 17.7 Å². The van der Waals surface area contributed by atoms with Gasteiger partial charge in [0, 0.05) is 50.8 Å². The number of rotatable bonds is 3. The van der Waals surface area contributed by atoms with E-state index in [9.17, 15) is 9.18 Å². The van der Waals surface area contributed by atoms with Gasteiger partial charge < -0.3 is 10.2 Å². The lowest BCUT2D eigenvalue weighted by atomic mass is 10.0. The number of benzene rings is 1. The summed E-state index contributed by atoms with van der Waals surface area (Å²) in [5.74, 6) is 0.129. The summed E-state index contributed by atoms with van der Waals surface area (Å²) in [6, 6.07) is 4.51. The van der Waals surface area contributed by atoms with Gasteiger partial charge in [0.2, 0.25) is 5.91 Å². The Labute approximate surface area is 128 Å². The van der Waals surface area contributed by atoms with Gasteiger partial charge in [-0.25, -0.2) is 4.39 Å². The van der Waals surface area contributed by atoms with E-state index in [4.69, 9.17) is 11.6 Å².